The largest absolute Gasteiger partial charge is 0.340 e. The second kappa shape index (κ2) is 18.0. The van der Waals surface area contributed by atoms with Crippen molar-refractivity contribution in [2.45, 2.75) is 117 Å². The van der Waals surface area contributed by atoms with Crippen LogP contribution in [-0.4, -0.2) is 15.9 Å². The van der Waals surface area contributed by atoms with E-state index >= 15 is 0 Å². The molecule has 0 bridgehead atoms. The van der Waals surface area contributed by atoms with Gasteiger partial charge in [-0.25, -0.2) is 9.97 Å². The van der Waals surface area contributed by atoms with E-state index in [0.29, 0.717) is 6.42 Å². The van der Waals surface area contributed by atoms with Gasteiger partial charge in [0.15, 0.2) is 0 Å². The highest BCUT2D eigenvalue weighted by Gasteiger charge is 2.03. The summed E-state index contributed by atoms with van der Waals surface area (Å²) in [5.74, 6) is 0.860. The number of carbonyl (C=O) groups is 1. The lowest BCUT2D eigenvalue weighted by Crippen LogP contribution is -2.11. The first-order valence-electron chi connectivity index (χ1n) is 13.6. The second-order valence-electron chi connectivity index (χ2n) is 9.49. The maximum atomic E-state index is 12.2. The fraction of sp³-hybridized carbons (Fsp3) is 0.621. The van der Waals surface area contributed by atoms with Gasteiger partial charge in [-0.1, -0.05) is 96.8 Å². The van der Waals surface area contributed by atoms with Crippen molar-refractivity contribution in [1.82, 2.24) is 9.97 Å². The lowest BCUT2D eigenvalue weighted by Gasteiger charge is -2.08. The molecule has 2 aromatic rings. The molecule has 1 aromatic carbocycles. The predicted molar refractivity (Wildman–Crippen MR) is 145 cm³/mol. The minimum Gasteiger partial charge on any atom is -0.340 e. The molecule has 0 aliphatic heterocycles. The van der Waals surface area contributed by atoms with E-state index in [2.05, 4.69) is 27.5 Å². The summed E-state index contributed by atoms with van der Waals surface area (Å²) in [6, 6.07) is 9.62. The summed E-state index contributed by atoms with van der Waals surface area (Å²) < 4.78 is 0. The van der Waals surface area contributed by atoms with Gasteiger partial charge in [0.2, 0.25) is 5.91 Å². The van der Waals surface area contributed by atoms with E-state index < -0.39 is 0 Å². The van der Waals surface area contributed by atoms with Crippen LogP contribution < -0.4 is 10.6 Å². The molecule has 5 heteroatoms. The van der Waals surface area contributed by atoms with Crippen LogP contribution in [0.15, 0.2) is 36.7 Å². The summed E-state index contributed by atoms with van der Waals surface area (Å²) in [6.07, 6.45) is 22.2. The van der Waals surface area contributed by atoms with Crippen molar-refractivity contribution in [2.75, 3.05) is 10.6 Å². The molecule has 0 saturated heterocycles. The number of hydrogen-bond acceptors (Lipinski definition) is 4. The molecule has 5 nitrogen and oxygen atoms in total. The minimum absolute atomic E-state index is 0.0989. The smallest absolute Gasteiger partial charge is 0.224 e. The van der Waals surface area contributed by atoms with E-state index in [0.717, 1.165) is 35.7 Å². The van der Waals surface area contributed by atoms with Crippen molar-refractivity contribution in [3.8, 4) is 0 Å². The summed E-state index contributed by atoms with van der Waals surface area (Å²) in [6.45, 7) is 4.21. The average molecular weight is 467 g/mol. The average Bonchev–Trinajstić information content (AvgIpc) is 2.83. The predicted octanol–water partition coefficient (Wildman–Crippen LogP) is 8.73. The Morgan fingerprint density at radius 1 is 0.706 bits per heavy atom. The van der Waals surface area contributed by atoms with Gasteiger partial charge >= 0.3 is 0 Å². The minimum atomic E-state index is 0.0989. The van der Waals surface area contributed by atoms with E-state index in [9.17, 15) is 4.79 Å². The molecule has 0 saturated carbocycles. The molecule has 1 heterocycles. The highest BCUT2D eigenvalue weighted by Crippen LogP contribution is 2.18. The number of unbranched alkanes of at least 4 members (excludes halogenated alkanes) is 14. The molecule has 0 aliphatic rings. The molecule has 0 atom stereocenters. The van der Waals surface area contributed by atoms with Crippen LogP contribution in [0.4, 0.5) is 17.2 Å². The Bertz CT molecular complexity index is 791. The molecule has 2 rings (SSSR count). The lowest BCUT2D eigenvalue weighted by molar-refractivity contribution is -0.116. The molecule has 0 spiro atoms. The number of nitrogens with one attached hydrogen (secondary N) is 2. The molecular formula is C29H46N4O. The highest BCUT2D eigenvalue weighted by molar-refractivity contribution is 5.90. The summed E-state index contributed by atoms with van der Waals surface area (Å²) in [5.41, 5.74) is 2.68. The van der Waals surface area contributed by atoms with Gasteiger partial charge in [-0.05, 0) is 37.6 Å². The zero-order valence-electron chi connectivity index (χ0n) is 21.6. The Morgan fingerprint density at radius 3 is 1.74 bits per heavy atom. The fourth-order valence-corrected chi connectivity index (χ4v) is 4.19. The van der Waals surface area contributed by atoms with Gasteiger partial charge in [-0.3, -0.25) is 4.79 Å². The SMILES string of the molecule is CCCCCCCCCCCCCCCCCC(=O)Nc1ccc(Nc2cc(C)ncn2)cc1. The molecule has 34 heavy (non-hydrogen) atoms. The van der Waals surface area contributed by atoms with Gasteiger partial charge in [0.05, 0.1) is 0 Å². The number of anilines is 3. The van der Waals surface area contributed by atoms with Crippen LogP contribution in [0.1, 0.15) is 115 Å². The Balaban J connectivity index is 1.43. The quantitative estimate of drug-likeness (QED) is 0.203. The van der Waals surface area contributed by atoms with Crippen LogP contribution in [0.5, 0.6) is 0 Å². The van der Waals surface area contributed by atoms with Crippen LogP contribution >= 0.6 is 0 Å². The molecular weight excluding hydrogens is 420 g/mol. The lowest BCUT2D eigenvalue weighted by atomic mass is 10.0. The van der Waals surface area contributed by atoms with E-state index in [-0.39, 0.29) is 5.91 Å². The third-order valence-corrected chi connectivity index (χ3v) is 6.25. The highest BCUT2D eigenvalue weighted by atomic mass is 16.1. The summed E-state index contributed by atoms with van der Waals surface area (Å²) in [4.78, 5) is 20.5. The van der Waals surface area contributed by atoms with Crippen LogP contribution in [0, 0.1) is 6.92 Å². The van der Waals surface area contributed by atoms with Crippen molar-refractivity contribution >= 4 is 23.1 Å². The van der Waals surface area contributed by atoms with E-state index in [4.69, 9.17) is 0 Å². The number of carbonyl (C=O) groups excluding carboxylic acids is 1. The topological polar surface area (TPSA) is 66.9 Å². The van der Waals surface area contributed by atoms with Gasteiger partial charge in [-0.15, -0.1) is 0 Å². The van der Waals surface area contributed by atoms with E-state index in [1.54, 1.807) is 6.33 Å². The Labute approximate surface area is 207 Å². The van der Waals surface area contributed by atoms with E-state index in [1.165, 1.54) is 83.5 Å². The van der Waals surface area contributed by atoms with Crippen LogP contribution in [0.2, 0.25) is 0 Å². The Kier molecular flexibility index (Phi) is 14.7. The third-order valence-electron chi connectivity index (χ3n) is 6.25. The first kappa shape index (κ1) is 27.8. The molecule has 0 aliphatic carbocycles. The van der Waals surface area contributed by atoms with Crippen molar-refractivity contribution in [2.24, 2.45) is 0 Å². The monoisotopic (exact) mass is 466 g/mol. The second-order valence-corrected chi connectivity index (χ2v) is 9.49. The Hall–Kier alpha value is -2.43. The molecule has 2 N–H and O–H groups in total. The van der Waals surface area contributed by atoms with Gasteiger partial charge in [0.25, 0.3) is 0 Å². The zero-order chi connectivity index (χ0) is 24.3. The Morgan fingerprint density at radius 2 is 1.21 bits per heavy atom. The van der Waals surface area contributed by atoms with Crippen molar-refractivity contribution < 1.29 is 4.79 Å². The summed E-state index contributed by atoms with van der Waals surface area (Å²) >= 11 is 0. The molecule has 0 unspecified atom stereocenters. The van der Waals surface area contributed by atoms with Gasteiger partial charge in [0.1, 0.15) is 12.1 Å². The number of aryl methyl sites for hydroxylation is 1. The first-order valence-corrected chi connectivity index (χ1v) is 13.6. The molecule has 188 valence electrons. The maximum absolute atomic E-state index is 12.2. The number of nitrogens with zero attached hydrogens (tertiary/aromatic N) is 2. The molecule has 0 fully saturated rings. The number of rotatable bonds is 19. The standard InChI is InChI=1S/C29H46N4O/c1-3-4-5-6-7-8-9-10-11-12-13-14-15-16-17-18-29(34)33-27-21-19-26(20-22-27)32-28-23-25(2)30-24-31-28/h19-24H,3-18H2,1-2H3,(H,33,34)(H,30,31,32). The normalized spacial score (nSPS) is 10.9. The number of hydrogen-bond donors (Lipinski definition) is 2. The number of aromatic nitrogens is 2. The molecule has 1 amide bonds. The molecule has 0 radical (unpaired) electrons. The van der Waals surface area contributed by atoms with Crippen molar-refractivity contribution in [3.63, 3.8) is 0 Å². The van der Waals surface area contributed by atoms with Gasteiger partial charge < -0.3 is 10.6 Å². The third kappa shape index (κ3) is 13.3. The summed E-state index contributed by atoms with van der Waals surface area (Å²) in [7, 11) is 0. The van der Waals surface area contributed by atoms with Crippen LogP contribution in [0.3, 0.4) is 0 Å². The van der Waals surface area contributed by atoms with Crippen molar-refractivity contribution in [3.05, 3.63) is 42.4 Å². The van der Waals surface area contributed by atoms with Crippen LogP contribution in [0.25, 0.3) is 0 Å². The summed E-state index contributed by atoms with van der Waals surface area (Å²) in [5, 5.41) is 6.24. The zero-order valence-corrected chi connectivity index (χ0v) is 21.6. The van der Waals surface area contributed by atoms with Gasteiger partial charge in [-0.2, -0.15) is 0 Å². The molecule has 1 aromatic heterocycles. The fourth-order valence-electron chi connectivity index (χ4n) is 4.19. The van der Waals surface area contributed by atoms with Crippen molar-refractivity contribution in [1.29, 1.82) is 0 Å². The van der Waals surface area contributed by atoms with E-state index in [1.807, 2.05) is 37.3 Å². The number of amides is 1. The van der Waals surface area contributed by atoms with Crippen LogP contribution in [-0.2, 0) is 4.79 Å². The first-order chi connectivity index (χ1) is 16.7. The number of benzene rings is 1. The van der Waals surface area contributed by atoms with Gasteiger partial charge in [0, 0.05) is 29.6 Å². The maximum Gasteiger partial charge on any atom is 0.224 e.